The van der Waals surface area contributed by atoms with Crippen molar-refractivity contribution in [1.82, 2.24) is 9.80 Å². The molecule has 1 N–H and O–H groups in total. The van der Waals surface area contributed by atoms with Crippen molar-refractivity contribution in [2.24, 2.45) is 0 Å². The smallest absolute Gasteiger partial charge is 0.231 e. The van der Waals surface area contributed by atoms with E-state index in [0.717, 1.165) is 30.9 Å². The number of morpholine rings is 1. The number of hydrogen-bond acceptors (Lipinski definition) is 6. The summed E-state index contributed by atoms with van der Waals surface area (Å²) in [5.74, 6) is 1.46. The maximum atomic E-state index is 10.5. The molecule has 0 spiro atoms. The van der Waals surface area contributed by atoms with Crippen LogP contribution in [0.1, 0.15) is 11.7 Å². The molecule has 0 radical (unpaired) electrons. The molecule has 0 aromatic heterocycles. The van der Waals surface area contributed by atoms with Gasteiger partial charge >= 0.3 is 0 Å². The predicted molar refractivity (Wildman–Crippen MR) is 82.3 cm³/mol. The third-order valence-electron chi connectivity index (χ3n) is 4.00. The van der Waals surface area contributed by atoms with E-state index in [4.69, 9.17) is 14.2 Å². The molecule has 1 aromatic carbocycles. The Morgan fingerprint density at radius 2 is 2.14 bits per heavy atom. The fraction of sp³-hybridized carbons (Fsp3) is 0.625. The van der Waals surface area contributed by atoms with Gasteiger partial charge in [-0.2, -0.15) is 0 Å². The minimum Gasteiger partial charge on any atom is -0.454 e. The summed E-state index contributed by atoms with van der Waals surface area (Å²) in [5, 5.41) is 10.5. The molecule has 6 nitrogen and oxygen atoms in total. The summed E-state index contributed by atoms with van der Waals surface area (Å²) in [6.45, 7) is 4.17. The molecule has 0 aliphatic carbocycles. The maximum absolute atomic E-state index is 10.5. The highest BCUT2D eigenvalue weighted by atomic mass is 16.7. The van der Waals surface area contributed by atoms with Crippen LogP contribution in [0.2, 0.25) is 0 Å². The number of β-amino-alcohol motifs (C(OH)–C–C–N with tert-alkyl or cyclic N) is 1. The fourth-order valence-corrected chi connectivity index (χ4v) is 2.93. The van der Waals surface area contributed by atoms with Gasteiger partial charge in [0.05, 0.1) is 18.8 Å². The first-order valence-electron chi connectivity index (χ1n) is 7.68. The Morgan fingerprint density at radius 1 is 1.32 bits per heavy atom. The Labute approximate surface area is 131 Å². The minimum absolute atomic E-state index is 0.202. The second-order valence-corrected chi connectivity index (χ2v) is 6.14. The van der Waals surface area contributed by atoms with E-state index in [9.17, 15) is 5.11 Å². The average Bonchev–Trinajstić information content (AvgIpc) is 2.94. The summed E-state index contributed by atoms with van der Waals surface area (Å²) in [6.07, 6.45) is -0.333. The van der Waals surface area contributed by atoms with E-state index in [1.54, 1.807) is 0 Å². The Balaban J connectivity index is 1.58. The number of hydrogen-bond donors (Lipinski definition) is 1. The molecule has 122 valence electrons. The van der Waals surface area contributed by atoms with Crippen LogP contribution in [0.25, 0.3) is 0 Å². The lowest BCUT2D eigenvalue weighted by Crippen LogP contribution is -2.47. The topological polar surface area (TPSA) is 54.4 Å². The van der Waals surface area contributed by atoms with Crippen LogP contribution in [0.5, 0.6) is 11.5 Å². The fourth-order valence-electron chi connectivity index (χ4n) is 2.93. The van der Waals surface area contributed by atoms with Gasteiger partial charge in [-0.1, -0.05) is 6.07 Å². The summed E-state index contributed by atoms with van der Waals surface area (Å²) >= 11 is 0. The van der Waals surface area contributed by atoms with Crippen molar-refractivity contribution in [3.8, 4) is 11.5 Å². The van der Waals surface area contributed by atoms with Crippen LogP contribution in [-0.4, -0.2) is 74.7 Å². The van der Waals surface area contributed by atoms with Crippen LogP contribution >= 0.6 is 0 Å². The predicted octanol–water partition coefficient (Wildman–Crippen LogP) is 0.711. The largest absolute Gasteiger partial charge is 0.454 e. The van der Waals surface area contributed by atoms with Crippen LogP contribution < -0.4 is 9.47 Å². The van der Waals surface area contributed by atoms with Gasteiger partial charge in [0.2, 0.25) is 6.79 Å². The number of aliphatic hydroxyl groups excluding tert-OH is 1. The molecule has 1 aromatic rings. The van der Waals surface area contributed by atoms with E-state index in [-0.39, 0.29) is 12.9 Å². The van der Waals surface area contributed by atoms with Gasteiger partial charge < -0.3 is 24.2 Å². The molecule has 2 atom stereocenters. The Bertz CT molecular complexity index is 509. The van der Waals surface area contributed by atoms with Crippen LogP contribution in [0.3, 0.4) is 0 Å². The van der Waals surface area contributed by atoms with Gasteiger partial charge in [0.15, 0.2) is 11.5 Å². The SMILES string of the molecule is CN(C)C[C@@H]1CN(C[C@@H](O)c2ccc3c(c2)OCO3)CCO1. The normalized spacial score (nSPS) is 23.0. The first-order chi connectivity index (χ1) is 10.6. The van der Waals surface area contributed by atoms with E-state index in [2.05, 4.69) is 9.80 Å². The molecule has 2 aliphatic heterocycles. The zero-order valence-corrected chi connectivity index (χ0v) is 13.2. The highest BCUT2D eigenvalue weighted by Gasteiger charge is 2.24. The number of benzene rings is 1. The summed E-state index contributed by atoms with van der Waals surface area (Å²) in [7, 11) is 4.09. The van der Waals surface area contributed by atoms with Crippen molar-refractivity contribution in [3.63, 3.8) is 0 Å². The maximum Gasteiger partial charge on any atom is 0.231 e. The zero-order valence-electron chi connectivity index (χ0n) is 13.2. The Hall–Kier alpha value is -1.34. The monoisotopic (exact) mass is 308 g/mol. The van der Waals surface area contributed by atoms with Gasteiger partial charge in [-0.15, -0.1) is 0 Å². The molecule has 0 amide bonds. The third kappa shape index (κ3) is 3.70. The van der Waals surface area contributed by atoms with Gasteiger partial charge in [0, 0.05) is 26.2 Å². The van der Waals surface area contributed by atoms with E-state index in [0.29, 0.717) is 18.9 Å². The molecular formula is C16H24N2O4. The number of fused-ring (bicyclic) bond motifs is 1. The highest BCUT2D eigenvalue weighted by Crippen LogP contribution is 2.34. The Kier molecular flexibility index (Phi) is 4.83. The quantitative estimate of drug-likeness (QED) is 0.865. The van der Waals surface area contributed by atoms with Crippen LogP contribution in [0.4, 0.5) is 0 Å². The minimum atomic E-state index is -0.535. The molecule has 1 saturated heterocycles. The first kappa shape index (κ1) is 15.6. The second-order valence-electron chi connectivity index (χ2n) is 6.14. The third-order valence-corrected chi connectivity index (χ3v) is 4.00. The number of aliphatic hydroxyl groups is 1. The lowest BCUT2D eigenvalue weighted by molar-refractivity contribution is -0.0489. The molecule has 2 heterocycles. The highest BCUT2D eigenvalue weighted by molar-refractivity contribution is 5.45. The molecule has 0 saturated carbocycles. The molecule has 6 heteroatoms. The van der Waals surface area contributed by atoms with Crippen molar-refractivity contribution in [1.29, 1.82) is 0 Å². The van der Waals surface area contributed by atoms with E-state index < -0.39 is 6.10 Å². The molecule has 3 rings (SSSR count). The summed E-state index contributed by atoms with van der Waals surface area (Å²) in [4.78, 5) is 4.38. The van der Waals surface area contributed by atoms with Crippen LogP contribution in [0.15, 0.2) is 18.2 Å². The summed E-state index contributed by atoms with van der Waals surface area (Å²) in [5.41, 5.74) is 0.861. The molecule has 1 fully saturated rings. The van der Waals surface area contributed by atoms with Crippen LogP contribution in [0, 0.1) is 0 Å². The van der Waals surface area contributed by atoms with Crippen molar-refractivity contribution in [2.45, 2.75) is 12.2 Å². The number of rotatable bonds is 5. The standard InChI is InChI=1S/C16H24N2O4/c1-17(2)8-13-9-18(5-6-20-13)10-14(19)12-3-4-15-16(7-12)22-11-21-15/h3-4,7,13-14,19H,5-6,8-11H2,1-2H3/t13-,14-/m1/s1. The van der Waals surface area contributed by atoms with Crippen molar-refractivity contribution in [2.75, 3.05) is 53.7 Å². The summed E-state index contributed by atoms with van der Waals surface area (Å²) < 4.78 is 16.4. The van der Waals surface area contributed by atoms with Gasteiger partial charge in [0.25, 0.3) is 0 Å². The lowest BCUT2D eigenvalue weighted by Gasteiger charge is -2.35. The molecule has 0 unspecified atom stereocenters. The van der Waals surface area contributed by atoms with E-state index in [1.165, 1.54) is 0 Å². The van der Waals surface area contributed by atoms with E-state index in [1.807, 2.05) is 32.3 Å². The van der Waals surface area contributed by atoms with Gasteiger partial charge in [-0.05, 0) is 31.8 Å². The average molecular weight is 308 g/mol. The second kappa shape index (κ2) is 6.83. The first-order valence-corrected chi connectivity index (χ1v) is 7.68. The molecule has 0 bridgehead atoms. The Morgan fingerprint density at radius 3 is 2.95 bits per heavy atom. The van der Waals surface area contributed by atoms with Crippen LogP contribution in [-0.2, 0) is 4.74 Å². The molecule has 2 aliphatic rings. The molecule has 22 heavy (non-hydrogen) atoms. The number of nitrogens with zero attached hydrogens (tertiary/aromatic N) is 2. The van der Waals surface area contributed by atoms with Crippen molar-refractivity contribution >= 4 is 0 Å². The van der Waals surface area contributed by atoms with Crippen molar-refractivity contribution < 1.29 is 19.3 Å². The number of likely N-dealkylation sites (N-methyl/N-ethyl adjacent to an activating group) is 1. The van der Waals surface area contributed by atoms with Gasteiger partial charge in [-0.3, -0.25) is 4.90 Å². The van der Waals surface area contributed by atoms with Gasteiger partial charge in [0.1, 0.15) is 0 Å². The lowest BCUT2D eigenvalue weighted by atomic mass is 10.1. The summed E-state index contributed by atoms with van der Waals surface area (Å²) in [6, 6.07) is 5.62. The zero-order chi connectivity index (χ0) is 15.5. The van der Waals surface area contributed by atoms with E-state index >= 15 is 0 Å². The number of ether oxygens (including phenoxy) is 3. The van der Waals surface area contributed by atoms with Crippen molar-refractivity contribution in [3.05, 3.63) is 23.8 Å². The van der Waals surface area contributed by atoms with Gasteiger partial charge in [-0.25, -0.2) is 0 Å². The molecular weight excluding hydrogens is 284 g/mol.